The molecule has 0 bridgehead atoms. The van der Waals surface area contributed by atoms with Crippen LogP contribution in [0.15, 0.2) is 42.7 Å². The Morgan fingerprint density at radius 3 is 2.90 bits per heavy atom. The summed E-state index contributed by atoms with van der Waals surface area (Å²) in [5, 5.41) is 0. The Hall–Kier alpha value is -2.45. The van der Waals surface area contributed by atoms with E-state index < -0.39 is 10.0 Å². The molecular weight excluding hydrogens is 402 g/mol. The third kappa shape index (κ3) is 4.65. The molecule has 0 spiro atoms. The maximum atomic E-state index is 12.9. The van der Waals surface area contributed by atoms with Crippen LogP contribution < -0.4 is 4.74 Å². The van der Waals surface area contributed by atoms with Crippen molar-refractivity contribution in [2.24, 2.45) is 0 Å². The van der Waals surface area contributed by atoms with Crippen LogP contribution in [0.3, 0.4) is 0 Å². The number of carbonyl (C=O) groups is 1. The van der Waals surface area contributed by atoms with Crippen molar-refractivity contribution in [3.63, 3.8) is 0 Å². The van der Waals surface area contributed by atoms with Crippen LogP contribution in [0.2, 0.25) is 0 Å². The number of fused-ring (bicyclic) bond motifs is 1. The summed E-state index contributed by atoms with van der Waals surface area (Å²) in [6.07, 6.45) is 7.81. The van der Waals surface area contributed by atoms with E-state index in [0.717, 1.165) is 36.1 Å². The van der Waals surface area contributed by atoms with E-state index in [1.807, 2.05) is 41.4 Å². The molecule has 1 saturated heterocycles. The third-order valence-corrected chi connectivity index (χ3v) is 7.06. The molecule has 2 aliphatic heterocycles. The minimum absolute atomic E-state index is 0.106. The summed E-state index contributed by atoms with van der Waals surface area (Å²) in [6.45, 7) is 1.75. The molecule has 0 aliphatic carbocycles. The summed E-state index contributed by atoms with van der Waals surface area (Å²) >= 11 is 0. The van der Waals surface area contributed by atoms with Gasteiger partial charge in [-0.15, -0.1) is 0 Å². The van der Waals surface area contributed by atoms with Gasteiger partial charge in [0.2, 0.25) is 15.9 Å². The summed E-state index contributed by atoms with van der Waals surface area (Å²) in [4.78, 5) is 19.1. The highest BCUT2D eigenvalue weighted by Gasteiger charge is 2.29. The second-order valence-electron chi connectivity index (χ2n) is 7.92. The fourth-order valence-corrected chi connectivity index (χ4v) is 5.02. The van der Waals surface area contributed by atoms with Crippen LogP contribution in [-0.4, -0.2) is 54.5 Å². The number of rotatable bonds is 5. The molecule has 7 nitrogen and oxygen atoms in total. The number of nitrogens with zero attached hydrogens (tertiary/aromatic N) is 3. The second kappa shape index (κ2) is 8.73. The summed E-state index contributed by atoms with van der Waals surface area (Å²) in [7, 11) is -3.29. The maximum Gasteiger partial charge on any atom is 0.223 e. The van der Waals surface area contributed by atoms with Crippen LogP contribution in [0.25, 0.3) is 0 Å². The Bertz CT molecular complexity index is 1010. The molecule has 0 N–H and O–H groups in total. The number of likely N-dealkylation sites (tertiary alicyclic amines) is 1. The highest BCUT2D eigenvalue weighted by molar-refractivity contribution is 7.88. The van der Waals surface area contributed by atoms with Crippen molar-refractivity contribution in [2.45, 2.75) is 38.3 Å². The number of pyridine rings is 1. The fourth-order valence-electron chi connectivity index (χ4n) is 4.24. The molecule has 1 aromatic heterocycles. The molecule has 1 amide bonds. The van der Waals surface area contributed by atoms with Crippen molar-refractivity contribution in [2.75, 3.05) is 26.0 Å². The van der Waals surface area contributed by atoms with Crippen molar-refractivity contribution in [1.29, 1.82) is 0 Å². The van der Waals surface area contributed by atoms with Gasteiger partial charge in [0.25, 0.3) is 0 Å². The van der Waals surface area contributed by atoms with Crippen LogP contribution in [0.1, 0.15) is 42.0 Å². The average molecular weight is 430 g/mol. The molecular formula is C22H27N3O4S. The van der Waals surface area contributed by atoms with E-state index in [9.17, 15) is 13.2 Å². The van der Waals surface area contributed by atoms with Crippen LogP contribution in [-0.2, 0) is 27.8 Å². The standard InChI is InChI=1S/C22H27N3O4S/c1-30(27,28)24-12-13-29-21-8-6-17(14-19(21)16-24)7-9-22(26)25-11-3-5-20(25)18-4-2-10-23-15-18/h2,4,6,8,10,14-15,20H,3,5,7,9,11-13,16H2,1H3. The van der Waals surface area contributed by atoms with E-state index in [1.54, 1.807) is 6.20 Å². The molecule has 1 atom stereocenters. The highest BCUT2D eigenvalue weighted by atomic mass is 32.2. The molecule has 0 saturated carbocycles. The summed E-state index contributed by atoms with van der Waals surface area (Å²) in [5.41, 5.74) is 2.95. The van der Waals surface area contributed by atoms with Crippen molar-refractivity contribution in [1.82, 2.24) is 14.2 Å². The Labute approximate surface area is 177 Å². The molecule has 160 valence electrons. The van der Waals surface area contributed by atoms with E-state index in [4.69, 9.17) is 4.74 Å². The molecule has 2 aromatic rings. The number of aryl methyl sites for hydroxylation is 1. The highest BCUT2D eigenvalue weighted by Crippen LogP contribution is 2.32. The lowest BCUT2D eigenvalue weighted by molar-refractivity contribution is -0.132. The lowest BCUT2D eigenvalue weighted by Gasteiger charge is -2.25. The normalized spacial score (nSPS) is 19.8. The topological polar surface area (TPSA) is 79.8 Å². The zero-order valence-electron chi connectivity index (χ0n) is 17.2. The van der Waals surface area contributed by atoms with Gasteiger partial charge in [-0.1, -0.05) is 18.2 Å². The number of sulfonamides is 1. The minimum Gasteiger partial charge on any atom is -0.492 e. The zero-order valence-corrected chi connectivity index (χ0v) is 18.0. The van der Waals surface area contributed by atoms with Crippen LogP contribution >= 0.6 is 0 Å². The van der Waals surface area contributed by atoms with Gasteiger partial charge >= 0.3 is 0 Å². The first-order valence-electron chi connectivity index (χ1n) is 10.3. The van der Waals surface area contributed by atoms with Gasteiger partial charge in [0.15, 0.2) is 0 Å². The number of aromatic nitrogens is 1. The Morgan fingerprint density at radius 2 is 2.13 bits per heavy atom. The third-order valence-electron chi connectivity index (χ3n) is 5.81. The summed E-state index contributed by atoms with van der Waals surface area (Å²) in [5.74, 6) is 0.859. The average Bonchev–Trinajstić information content (AvgIpc) is 3.12. The molecule has 1 unspecified atom stereocenters. The van der Waals surface area contributed by atoms with Gasteiger partial charge in [0.05, 0.1) is 12.3 Å². The summed E-state index contributed by atoms with van der Waals surface area (Å²) < 4.78 is 31.1. The van der Waals surface area contributed by atoms with Crippen molar-refractivity contribution < 1.29 is 17.9 Å². The predicted molar refractivity (Wildman–Crippen MR) is 113 cm³/mol. The second-order valence-corrected chi connectivity index (χ2v) is 9.90. The Morgan fingerprint density at radius 1 is 1.27 bits per heavy atom. The first kappa shape index (κ1) is 20.8. The van der Waals surface area contributed by atoms with E-state index in [0.29, 0.717) is 38.3 Å². The Balaban J connectivity index is 1.43. The fraction of sp³-hybridized carbons (Fsp3) is 0.455. The number of carbonyl (C=O) groups excluding carboxylic acids is 1. The number of hydrogen-bond donors (Lipinski definition) is 0. The zero-order chi connectivity index (χ0) is 21.1. The van der Waals surface area contributed by atoms with Gasteiger partial charge in [-0.25, -0.2) is 8.42 Å². The maximum absolute atomic E-state index is 12.9. The summed E-state index contributed by atoms with van der Waals surface area (Å²) in [6, 6.07) is 9.86. The SMILES string of the molecule is CS(=O)(=O)N1CCOc2ccc(CCC(=O)N3CCCC3c3cccnc3)cc2C1. The van der Waals surface area contributed by atoms with Crippen molar-refractivity contribution >= 4 is 15.9 Å². The molecule has 30 heavy (non-hydrogen) atoms. The van der Waals surface area contributed by atoms with E-state index in [-0.39, 0.29) is 11.9 Å². The van der Waals surface area contributed by atoms with Gasteiger partial charge in [0.1, 0.15) is 12.4 Å². The lowest BCUT2D eigenvalue weighted by atomic mass is 10.0. The van der Waals surface area contributed by atoms with Gasteiger partial charge < -0.3 is 9.64 Å². The first-order valence-corrected chi connectivity index (χ1v) is 12.2. The van der Waals surface area contributed by atoms with Gasteiger partial charge in [0, 0.05) is 44.0 Å². The predicted octanol–water partition coefficient (Wildman–Crippen LogP) is 2.53. The quantitative estimate of drug-likeness (QED) is 0.730. The van der Waals surface area contributed by atoms with Crippen molar-refractivity contribution in [3.05, 3.63) is 59.4 Å². The van der Waals surface area contributed by atoms with Crippen LogP contribution in [0.4, 0.5) is 0 Å². The molecule has 8 heteroatoms. The Kier molecular flexibility index (Phi) is 6.06. The molecule has 1 fully saturated rings. The number of amides is 1. The number of ether oxygens (including phenoxy) is 1. The molecule has 3 heterocycles. The van der Waals surface area contributed by atoms with Gasteiger partial charge in [-0.2, -0.15) is 4.31 Å². The van der Waals surface area contributed by atoms with Crippen molar-refractivity contribution in [3.8, 4) is 5.75 Å². The molecule has 0 radical (unpaired) electrons. The monoisotopic (exact) mass is 429 g/mol. The van der Waals surface area contributed by atoms with E-state index in [1.165, 1.54) is 10.6 Å². The van der Waals surface area contributed by atoms with Gasteiger partial charge in [-0.3, -0.25) is 9.78 Å². The van der Waals surface area contributed by atoms with Crippen LogP contribution in [0, 0.1) is 0 Å². The lowest BCUT2D eigenvalue weighted by Crippen LogP contribution is -2.31. The molecule has 1 aromatic carbocycles. The smallest absolute Gasteiger partial charge is 0.223 e. The van der Waals surface area contributed by atoms with Gasteiger partial charge in [-0.05, 0) is 42.5 Å². The molecule has 4 rings (SSSR count). The van der Waals surface area contributed by atoms with Crippen LogP contribution in [0.5, 0.6) is 5.75 Å². The number of benzene rings is 1. The first-order chi connectivity index (χ1) is 14.4. The van der Waals surface area contributed by atoms with E-state index >= 15 is 0 Å². The molecule has 2 aliphatic rings. The minimum atomic E-state index is -3.29. The largest absolute Gasteiger partial charge is 0.492 e. The number of hydrogen-bond acceptors (Lipinski definition) is 5. The van der Waals surface area contributed by atoms with E-state index in [2.05, 4.69) is 4.98 Å².